The second-order valence-corrected chi connectivity index (χ2v) is 5.38. The fourth-order valence-electron chi connectivity index (χ4n) is 1.03. The molecule has 0 amide bonds. The molecule has 0 aliphatic carbocycles. The molecule has 1 aromatic heterocycles. The predicted octanol–water partition coefficient (Wildman–Crippen LogP) is 2.61. The van der Waals surface area contributed by atoms with E-state index in [1.807, 2.05) is 0 Å². The van der Waals surface area contributed by atoms with E-state index < -0.39 is 0 Å². The first-order chi connectivity index (χ1) is 7.57. The third-order valence-electron chi connectivity index (χ3n) is 2.37. The topological polar surface area (TPSA) is 47.0 Å². The van der Waals surface area contributed by atoms with E-state index in [1.165, 1.54) is 11.3 Å². The maximum atomic E-state index is 5.76. The van der Waals surface area contributed by atoms with Crippen LogP contribution in [0.15, 0.2) is 0 Å². The van der Waals surface area contributed by atoms with Crippen LogP contribution in [0.1, 0.15) is 45.5 Å². The zero-order chi connectivity index (χ0) is 12.0. The van der Waals surface area contributed by atoms with Crippen molar-refractivity contribution in [3.05, 3.63) is 5.01 Å². The molecule has 0 aliphatic heterocycles. The van der Waals surface area contributed by atoms with Gasteiger partial charge in [-0.1, -0.05) is 30.3 Å². The Labute approximate surface area is 101 Å². The Morgan fingerprint density at radius 2 is 2.06 bits per heavy atom. The van der Waals surface area contributed by atoms with Gasteiger partial charge in [0, 0.05) is 6.54 Å². The summed E-state index contributed by atoms with van der Waals surface area (Å²) in [6.07, 6.45) is 2.08. The van der Waals surface area contributed by atoms with Crippen LogP contribution in [0.2, 0.25) is 0 Å². The van der Waals surface area contributed by atoms with Crippen LogP contribution in [0, 0.1) is 0 Å². The van der Waals surface area contributed by atoms with Gasteiger partial charge in [0.15, 0.2) is 0 Å². The van der Waals surface area contributed by atoms with Crippen LogP contribution >= 0.6 is 11.3 Å². The second-order valence-electron chi connectivity index (χ2n) is 4.35. The van der Waals surface area contributed by atoms with Gasteiger partial charge in [0.25, 0.3) is 5.19 Å². The lowest BCUT2D eigenvalue weighted by molar-refractivity contribution is 0.104. The molecule has 0 fully saturated rings. The van der Waals surface area contributed by atoms with E-state index in [2.05, 4.69) is 43.2 Å². The van der Waals surface area contributed by atoms with E-state index in [1.54, 1.807) is 0 Å². The first-order valence-corrected chi connectivity index (χ1v) is 6.61. The lowest BCUT2D eigenvalue weighted by Gasteiger charge is -2.22. The van der Waals surface area contributed by atoms with Crippen molar-refractivity contribution in [2.75, 3.05) is 6.54 Å². The summed E-state index contributed by atoms with van der Waals surface area (Å²) in [6, 6.07) is 0. The number of hydrogen-bond acceptors (Lipinski definition) is 5. The molecule has 4 nitrogen and oxygen atoms in total. The van der Waals surface area contributed by atoms with Gasteiger partial charge in [-0.25, -0.2) is 0 Å². The first-order valence-electron chi connectivity index (χ1n) is 5.79. The van der Waals surface area contributed by atoms with Gasteiger partial charge in [-0.05, 0) is 33.2 Å². The highest BCUT2D eigenvalue weighted by atomic mass is 32.1. The van der Waals surface area contributed by atoms with Gasteiger partial charge in [0.1, 0.15) is 10.6 Å². The molecule has 16 heavy (non-hydrogen) atoms. The van der Waals surface area contributed by atoms with Gasteiger partial charge in [0.05, 0.1) is 0 Å². The van der Waals surface area contributed by atoms with Crippen molar-refractivity contribution in [2.45, 2.75) is 52.7 Å². The molecule has 1 heterocycles. The smallest absolute Gasteiger partial charge is 0.294 e. The van der Waals surface area contributed by atoms with E-state index in [4.69, 9.17) is 4.74 Å². The Morgan fingerprint density at radius 3 is 2.69 bits per heavy atom. The second kappa shape index (κ2) is 6.15. The number of nitrogens with one attached hydrogen (secondary N) is 1. The van der Waals surface area contributed by atoms with E-state index >= 15 is 0 Å². The number of ether oxygens (including phenoxy) is 1. The molecule has 92 valence electrons. The van der Waals surface area contributed by atoms with Crippen LogP contribution in [0.5, 0.6) is 5.19 Å². The molecule has 0 saturated heterocycles. The van der Waals surface area contributed by atoms with Crippen LogP contribution in [-0.4, -0.2) is 22.3 Å². The number of nitrogens with zero attached hydrogens (tertiary/aromatic N) is 2. The minimum atomic E-state index is -0.159. The lowest BCUT2D eigenvalue weighted by atomic mass is 10.1. The van der Waals surface area contributed by atoms with Crippen LogP contribution in [-0.2, 0) is 6.54 Å². The summed E-state index contributed by atoms with van der Waals surface area (Å²) in [7, 11) is 0. The average Bonchev–Trinajstić information content (AvgIpc) is 2.65. The van der Waals surface area contributed by atoms with Crippen molar-refractivity contribution in [2.24, 2.45) is 0 Å². The van der Waals surface area contributed by atoms with Crippen LogP contribution in [0.3, 0.4) is 0 Å². The standard InChI is InChI=1S/C11H21N3OS/c1-5-7-12-8-9-13-14-10(16-9)15-11(3,4)6-2/h12H,5-8H2,1-4H3. The van der Waals surface area contributed by atoms with E-state index in [0.29, 0.717) is 5.19 Å². The molecule has 0 spiro atoms. The van der Waals surface area contributed by atoms with Gasteiger partial charge in [-0.15, -0.1) is 5.10 Å². The Morgan fingerprint density at radius 1 is 1.31 bits per heavy atom. The first kappa shape index (κ1) is 13.4. The maximum absolute atomic E-state index is 5.76. The fraction of sp³-hybridized carbons (Fsp3) is 0.818. The Hall–Kier alpha value is -0.680. The van der Waals surface area contributed by atoms with Gasteiger partial charge in [-0.3, -0.25) is 0 Å². The van der Waals surface area contributed by atoms with Crippen molar-refractivity contribution >= 4 is 11.3 Å². The van der Waals surface area contributed by atoms with Crippen molar-refractivity contribution < 1.29 is 4.74 Å². The molecule has 0 aromatic carbocycles. The maximum Gasteiger partial charge on any atom is 0.294 e. The molecule has 0 atom stereocenters. The molecule has 0 saturated carbocycles. The summed E-state index contributed by atoms with van der Waals surface area (Å²) in [4.78, 5) is 0. The summed E-state index contributed by atoms with van der Waals surface area (Å²) < 4.78 is 5.76. The van der Waals surface area contributed by atoms with Gasteiger partial charge in [-0.2, -0.15) is 0 Å². The Kier molecular flexibility index (Phi) is 5.15. The van der Waals surface area contributed by atoms with Crippen LogP contribution in [0.25, 0.3) is 0 Å². The molecule has 5 heteroatoms. The largest absolute Gasteiger partial charge is 0.463 e. The lowest BCUT2D eigenvalue weighted by Crippen LogP contribution is -2.26. The minimum absolute atomic E-state index is 0.159. The summed E-state index contributed by atoms with van der Waals surface area (Å²) in [6.45, 7) is 10.2. The number of hydrogen-bond donors (Lipinski definition) is 1. The monoisotopic (exact) mass is 243 g/mol. The molecule has 1 N–H and O–H groups in total. The van der Waals surface area contributed by atoms with Gasteiger partial charge >= 0.3 is 0 Å². The molecular weight excluding hydrogens is 222 g/mol. The van der Waals surface area contributed by atoms with E-state index in [-0.39, 0.29) is 5.60 Å². The quantitative estimate of drug-likeness (QED) is 0.748. The normalized spacial score (nSPS) is 11.8. The number of aromatic nitrogens is 2. The van der Waals surface area contributed by atoms with Crippen LogP contribution in [0.4, 0.5) is 0 Å². The van der Waals surface area contributed by atoms with Crippen molar-refractivity contribution in [1.29, 1.82) is 0 Å². The Bertz CT molecular complexity index is 312. The molecule has 0 aliphatic rings. The zero-order valence-electron chi connectivity index (χ0n) is 10.5. The molecular formula is C11H21N3OS. The third kappa shape index (κ3) is 4.45. The molecule has 0 radical (unpaired) electrons. The highest BCUT2D eigenvalue weighted by Crippen LogP contribution is 2.24. The molecule has 1 aromatic rings. The van der Waals surface area contributed by atoms with Crippen LogP contribution < -0.4 is 10.1 Å². The Balaban J connectivity index is 2.45. The molecule has 0 bridgehead atoms. The zero-order valence-corrected chi connectivity index (χ0v) is 11.4. The summed E-state index contributed by atoms with van der Waals surface area (Å²) in [5.41, 5.74) is -0.159. The van der Waals surface area contributed by atoms with Crippen molar-refractivity contribution in [3.63, 3.8) is 0 Å². The van der Waals surface area contributed by atoms with E-state index in [0.717, 1.165) is 30.9 Å². The van der Waals surface area contributed by atoms with Crippen molar-refractivity contribution in [3.8, 4) is 5.19 Å². The predicted molar refractivity (Wildman–Crippen MR) is 66.9 cm³/mol. The third-order valence-corrected chi connectivity index (χ3v) is 3.17. The minimum Gasteiger partial charge on any atom is -0.463 e. The summed E-state index contributed by atoms with van der Waals surface area (Å²) >= 11 is 1.52. The number of rotatable bonds is 7. The van der Waals surface area contributed by atoms with Crippen molar-refractivity contribution in [1.82, 2.24) is 15.5 Å². The average molecular weight is 243 g/mol. The summed E-state index contributed by atoms with van der Waals surface area (Å²) in [5.74, 6) is 0. The van der Waals surface area contributed by atoms with Gasteiger partial charge < -0.3 is 10.1 Å². The highest BCUT2D eigenvalue weighted by Gasteiger charge is 2.19. The fourth-order valence-corrected chi connectivity index (χ4v) is 1.84. The SMILES string of the molecule is CCCNCc1nnc(OC(C)(C)CC)s1. The van der Waals surface area contributed by atoms with E-state index in [9.17, 15) is 0 Å². The summed E-state index contributed by atoms with van der Waals surface area (Å²) in [5, 5.41) is 13.1. The molecule has 1 rings (SSSR count). The highest BCUT2D eigenvalue weighted by molar-refractivity contribution is 7.13. The van der Waals surface area contributed by atoms with Gasteiger partial charge in [0.2, 0.25) is 0 Å². The molecule has 0 unspecified atom stereocenters.